The van der Waals surface area contributed by atoms with E-state index >= 15 is 0 Å². The van der Waals surface area contributed by atoms with E-state index in [9.17, 15) is 5.11 Å². The van der Waals surface area contributed by atoms with Crippen molar-refractivity contribution in [3.05, 3.63) is 10.8 Å². The molecule has 2 heterocycles. The summed E-state index contributed by atoms with van der Waals surface area (Å²) in [6.07, 6.45) is 3.62. The van der Waals surface area contributed by atoms with Crippen LogP contribution in [-0.4, -0.2) is 33.8 Å². The maximum absolute atomic E-state index is 10.4. The first kappa shape index (κ1) is 11.0. The fraction of sp³-hybridized carbons (Fsp3) is 0.667. The van der Waals surface area contributed by atoms with E-state index in [0.717, 1.165) is 23.3 Å². The lowest BCUT2D eigenvalue weighted by atomic mass is 9.88. The molecule has 2 bridgehead atoms. The number of aliphatic hydroxyl groups excluding tert-OH is 1. The molecule has 6 heteroatoms. The van der Waals surface area contributed by atoms with E-state index in [1.165, 1.54) is 12.7 Å². The fourth-order valence-electron chi connectivity index (χ4n) is 4.23. The molecule has 5 atom stereocenters. The number of nitrogens with two attached hydrogens (primary N) is 1. The van der Waals surface area contributed by atoms with Crippen LogP contribution in [0.2, 0.25) is 0 Å². The Morgan fingerprint density at radius 2 is 2.17 bits per heavy atom. The summed E-state index contributed by atoms with van der Waals surface area (Å²) in [5.41, 5.74) is 5.82. The number of anilines is 2. The molecule has 18 heavy (non-hydrogen) atoms. The Morgan fingerprint density at radius 3 is 2.94 bits per heavy atom. The monoisotopic (exact) mass is 310 g/mol. The number of hydrogen-bond donors (Lipinski definition) is 2. The predicted octanol–water partition coefficient (Wildman–Crippen LogP) is 1.03. The zero-order valence-electron chi connectivity index (χ0n) is 9.83. The third-order valence-electron chi connectivity index (χ3n) is 4.92. The smallest absolute Gasteiger partial charge is 0.148 e. The summed E-state index contributed by atoms with van der Waals surface area (Å²) in [5, 5.41) is 10.4. The maximum Gasteiger partial charge on any atom is 0.148 e. The van der Waals surface area contributed by atoms with Gasteiger partial charge in [-0.15, -0.1) is 0 Å². The fourth-order valence-corrected chi connectivity index (χ4v) is 4.67. The van der Waals surface area contributed by atoms with Crippen molar-refractivity contribution in [2.45, 2.75) is 25.0 Å². The van der Waals surface area contributed by atoms with Crippen molar-refractivity contribution in [1.82, 2.24) is 9.97 Å². The normalized spacial score (nSPS) is 40.8. The van der Waals surface area contributed by atoms with Crippen molar-refractivity contribution in [2.24, 2.45) is 17.8 Å². The van der Waals surface area contributed by atoms with Crippen molar-refractivity contribution < 1.29 is 5.11 Å². The Kier molecular flexibility index (Phi) is 2.18. The minimum atomic E-state index is -0.211. The van der Waals surface area contributed by atoms with E-state index in [1.807, 2.05) is 0 Å². The molecule has 1 aliphatic heterocycles. The second kappa shape index (κ2) is 3.57. The summed E-state index contributed by atoms with van der Waals surface area (Å²) in [6.45, 7) is 0.984. The Bertz CT molecular complexity index is 509. The lowest BCUT2D eigenvalue weighted by Gasteiger charge is -2.30. The second-order valence-corrected chi connectivity index (χ2v) is 6.48. The number of hydrogen-bond acceptors (Lipinski definition) is 5. The van der Waals surface area contributed by atoms with Gasteiger partial charge in [-0.3, -0.25) is 0 Å². The van der Waals surface area contributed by atoms with E-state index in [4.69, 9.17) is 5.73 Å². The van der Waals surface area contributed by atoms with Gasteiger partial charge in [0.2, 0.25) is 0 Å². The highest BCUT2D eigenvalue weighted by Gasteiger charge is 2.59. The molecule has 0 spiro atoms. The molecule has 0 aromatic carbocycles. The quantitative estimate of drug-likeness (QED) is 0.810. The molecule has 5 unspecified atom stereocenters. The van der Waals surface area contributed by atoms with Crippen LogP contribution in [0.5, 0.6) is 0 Å². The maximum atomic E-state index is 10.4. The van der Waals surface area contributed by atoms with Gasteiger partial charge in [-0.2, -0.15) is 0 Å². The predicted molar refractivity (Wildman–Crippen MR) is 71.0 cm³/mol. The molecule has 0 amide bonds. The lowest BCUT2D eigenvalue weighted by molar-refractivity contribution is 0.0965. The van der Waals surface area contributed by atoms with Crippen LogP contribution in [0.3, 0.4) is 0 Å². The molecule has 3 aliphatic rings. The number of fused-ring (bicyclic) bond motifs is 1. The van der Waals surface area contributed by atoms with Crippen LogP contribution in [-0.2, 0) is 0 Å². The van der Waals surface area contributed by atoms with Crippen molar-refractivity contribution in [3.8, 4) is 0 Å². The molecule has 0 radical (unpaired) electrons. The first-order valence-electron chi connectivity index (χ1n) is 6.37. The lowest BCUT2D eigenvalue weighted by Crippen LogP contribution is -2.41. The molecular weight excluding hydrogens is 296 g/mol. The van der Waals surface area contributed by atoms with Gasteiger partial charge in [-0.1, -0.05) is 0 Å². The number of nitrogen functional groups attached to an aromatic ring is 1. The SMILES string of the molecule is Nc1ncnc(N2CC3CC4CC3C2C4O)c1Br. The highest BCUT2D eigenvalue weighted by atomic mass is 79.9. The van der Waals surface area contributed by atoms with E-state index in [1.54, 1.807) is 0 Å². The number of aromatic nitrogens is 2. The molecule has 1 aromatic rings. The summed E-state index contributed by atoms with van der Waals surface area (Å²) in [4.78, 5) is 10.6. The molecule has 3 fully saturated rings. The summed E-state index contributed by atoms with van der Waals surface area (Å²) in [5.74, 6) is 3.14. The molecule has 4 rings (SSSR count). The largest absolute Gasteiger partial charge is 0.391 e. The molecule has 3 N–H and O–H groups in total. The summed E-state index contributed by atoms with van der Waals surface area (Å²) < 4.78 is 0.752. The zero-order valence-corrected chi connectivity index (χ0v) is 11.4. The number of halogens is 1. The summed E-state index contributed by atoms with van der Waals surface area (Å²) in [7, 11) is 0. The summed E-state index contributed by atoms with van der Waals surface area (Å²) >= 11 is 3.47. The number of rotatable bonds is 1. The Morgan fingerprint density at radius 1 is 1.33 bits per heavy atom. The Balaban J connectivity index is 1.76. The highest BCUT2D eigenvalue weighted by Crippen LogP contribution is 2.56. The van der Waals surface area contributed by atoms with Crippen LogP contribution in [0.4, 0.5) is 11.6 Å². The zero-order chi connectivity index (χ0) is 12.4. The molecule has 5 nitrogen and oxygen atoms in total. The summed E-state index contributed by atoms with van der Waals surface area (Å²) in [6, 6.07) is 0.222. The van der Waals surface area contributed by atoms with Crippen LogP contribution in [0.1, 0.15) is 12.8 Å². The van der Waals surface area contributed by atoms with E-state index in [2.05, 4.69) is 30.8 Å². The van der Waals surface area contributed by atoms with Gasteiger partial charge in [0, 0.05) is 6.54 Å². The van der Waals surface area contributed by atoms with Gasteiger partial charge in [-0.05, 0) is 46.5 Å². The molecular formula is C12H15BrN4O. The Labute approximate surface area is 114 Å². The van der Waals surface area contributed by atoms with Crippen molar-refractivity contribution in [3.63, 3.8) is 0 Å². The topological polar surface area (TPSA) is 75.3 Å². The van der Waals surface area contributed by atoms with Gasteiger partial charge < -0.3 is 15.7 Å². The third kappa shape index (κ3) is 1.25. The van der Waals surface area contributed by atoms with E-state index < -0.39 is 0 Å². The average Bonchev–Trinajstić information content (AvgIpc) is 2.94. The number of aliphatic hydroxyl groups is 1. The van der Waals surface area contributed by atoms with Crippen molar-refractivity contribution in [1.29, 1.82) is 0 Å². The van der Waals surface area contributed by atoms with Crippen LogP contribution >= 0.6 is 15.9 Å². The highest BCUT2D eigenvalue weighted by molar-refractivity contribution is 9.10. The van der Waals surface area contributed by atoms with E-state index in [-0.39, 0.29) is 12.1 Å². The molecule has 2 aliphatic carbocycles. The minimum absolute atomic E-state index is 0.211. The van der Waals surface area contributed by atoms with Crippen molar-refractivity contribution in [2.75, 3.05) is 17.2 Å². The molecule has 1 saturated heterocycles. The molecule has 1 aromatic heterocycles. The van der Waals surface area contributed by atoms with Crippen LogP contribution in [0.15, 0.2) is 10.8 Å². The van der Waals surface area contributed by atoms with Gasteiger partial charge in [0.25, 0.3) is 0 Å². The molecule has 96 valence electrons. The van der Waals surface area contributed by atoms with Gasteiger partial charge >= 0.3 is 0 Å². The van der Waals surface area contributed by atoms with Crippen LogP contribution < -0.4 is 10.6 Å². The third-order valence-corrected chi connectivity index (χ3v) is 5.68. The average molecular weight is 311 g/mol. The van der Waals surface area contributed by atoms with Gasteiger partial charge in [-0.25, -0.2) is 9.97 Å². The second-order valence-electron chi connectivity index (χ2n) is 5.69. The van der Waals surface area contributed by atoms with Gasteiger partial charge in [0.05, 0.1) is 12.1 Å². The van der Waals surface area contributed by atoms with E-state index in [0.29, 0.717) is 23.6 Å². The first-order chi connectivity index (χ1) is 8.66. The van der Waals surface area contributed by atoms with Crippen LogP contribution in [0, 0.1) is 17.8 Å². The van der Waals surface area contributed by atoms with Crippen LogP contribution in [0.25, 0.3) is 0 Å². The van der Waals surface area contributed by atoms with Crippen molar-refractivity contribution >= 4 is 27.6 Å². The molecule has 2 saturated carbocycles. The van der Waals surface area contributed by atoms with Gasteiger partial charge in [0.1, 0.15) is 22.4 Å². The van der Waals surface area contributed by atoms with Gasteiger partial charge in [0.15, 0.2) is 0 Å². The number of nitrogens with zero attached hydrogens (tertiary/aromatic N) is 3. The Hall–Kier alpha value is -0.880. The first-order valence-corrected chi connectivity index (χ1v) is 7.17. The standard InChI is InChI=1S/C12H15BrN4O/c13-8-11(14)15-4-16-12(8)17-3-6-1-5-2-7(6)9(17)10(5)18/h4-7,9-10,18H,1-3H2,(H2,14,15,16). The minimum Gasteiger partial charge on any atom is -0.391 e.